The van der Waals surface area contributed by atoms with Crippen molar-refractivity contribution in [3.05, 3.63) is 115 Å². The molecule has 0 atom stereocenters. The van der Waals surface area contributed by atoms with E-state index in [4.69, 9.17) is 0 Å². The Bertz CT molecular complexity index is 1390. The minimum absolute atomic E-state index is 0.156. The first kappa shape index (κ1) is 21.3. The Kier molecular flexibility index (Phi) is 5.95. The Morgan fingerprint density at radius 1 is 0.882 bits per heavy atom. The molecule has 168 valence electrons. The fourth-order valence-corrected chi connectivity index (χ4v) is 3.78. The third kappa shape index (κ3) is 4.91. The molecule has 34 heavy (non-hydrogen) atoms. The van der Waals surface area contributed by atoms with Gasteiger partial charge in [0, 0.05) is 65.4 Å². The number of benzene rings is 3. The molecule has 6 nitrogen and oxygen atoms in total. The van der Waals surface area contributed by atoms with Gasteiger partial charge in [-0.05, 0) is 66.7 Å². The zero-order valence-corrected chi connectivity index (χ0v) is 18.8. The normalized spacial score (nSPS) is 12.9. The smallest absolute Gasteiger partial charge is 0.255 e. The Morgan fingerprint density at radius 3 is 2.53 bits per heavy atom. The zero-order chi connectivity index (χ0) is 23.3. The van der Waals surface area contributed by atoms with Gasteiger partial charge in [-0.25, -0.2) is 0 Å². The number of pyridine rings is 1. The highest BCUT2D eigenvalue weighted by Gasteiger charge is 2.08. The molecule has 2 heterocycles. The highest BCUT2D eigenvalue weighted by molar-refractivity contribution is 6.04. The van der Waals surface area contributed by atoms with Gasteiger partial charge in [-0.2, -0.15) is 0 Å². The number of hydrogen-bond donors (Lipinski definition) is 3. The molecule has 1 aromatic heterocycles. The molecule has 0 fully saturated rings. The summed E-state index contributed by atoms with van der Waals surface area (Å²) >= 11 is 0. The number of rotatable bonds is 6. The van der Waals surface area contributed by atoms with Gasteiger partial charge in [-0.1, -0.05) is 24.3 Å². The molecule has 0 radical (unpaired) electrons. The van der Waals surface area contributed by atoms with Gasteiger partial charge in [0.05, 0.1) is 5.52 Å². The molecule has 0 aliphatic carbocycles. The van der Waals surface area contributed by atoms with Crippen LogP contribution in [0.4, 0.5) is 22.7 Å². The number of hydrogen-bond acceptors (Lipinski definition) is 5. The molecule has 0 saturated heterocycles. The van der Waals surface area contributed by atoms with E-state index >= 15 is 0 Å². The van der Waals surface area contributed by atoms with Crippen molar-refractivity contribution in [3.8, 4) is 0 Å². The van der Waals surface area contributed by atoms with E-state index in [0.29, 0.717) is 5.56 Å². The summed E-state index contributed by atoms with van der Waals surface area (Å²) in [6.45, 7) is 0.859. The monoisotopic (exact) mass is 447 g/mol. The first-order chi connectivity index (χ1) is 16.6. The minimum Gasteiger partial charge on any atom is -0.377 e. The number of fused-ring (bicyclic) bond motifs is 1. The average Bonchev–Trinajstić information content (AvgIpc) is 2.86. The number of amides is 1. The first-order valence-corrected chi connectivity index (χ1v) is 11.1. The van der Waals surface area contributed by atoms with Crippen LogP contribution in [0.5, 0.6) is 0 Å². The second-order valence-electron chi connectivity index (χ2n) is 8.15. The van der Waals surface area contributed by atoms with E-state index in [0.717, 1.165) is 45.9 Å². The number of anilines is 4. The summed E-state index contributed by atoms with van der Waals surface area (Å²) < 4.78 is 0. The third-order valence-electron chi connectivity index (χ3n) is 5.59. The fraction of sp³-hybridized carbons (Fsp3) is 0.0714. The van der Waals surface area contributed by atoms with Crippen molar-refractivity contribution in [2.45, 2.75) is 0 Å². The van der Waals surface area contributed by atoms with E-state index in [-0.39, 0.29) is 5.91 Å². The number of nitrogens with zero attached hydrogens (tertiary/aromatic N) is 2. The van der Waals surface area contributed by atoms with E-state index in [2.05, 4.69) is 31.9 Å². The van der Waals surface area contributed by atoms with Gasteiger partial charge in [-0.3, -0.25) is 9.78 Å². The lowest BCUT2D eigenvalue weighted by Gasteiger charge is -2.18. The van der Waals surface area contributed by atoms with Crippen molar-refractivity contribution in [2.24, 2.45) is 0 Å². The van der Waals surface area contributed by atoms with Crippen molar-refractivity contribution < 1.29 is 4.79 Å². The maximum atomic E-state index is 12.8. The second kappa shape index (κ2) is 9.50. The van der Waals surface area contributed by atoms with Crippen LogP contribution in [0.25, 0.3) is 10.9 Å². The van der Waals surface area contributed by atoms with Gasteiger partial charge in [0.2, 0.25) is 0 Å². The van der Waals surface area contributed by atoms with Crippen molar-refractivity contribution in [2.75, 3.05) is 29.5 Å². The Labute approximate surface area is 198 Å². The van der Waals surface area contributed by atoms with Crippen LogP contribution in [0, 0.1) is 0 Å². The molecule has 1 aliphatic heterocycles. The molecule has 3 aromatic carbocycles. The molecule has 0 saturated carbocycles. The summed E-state index contributed by atoms with van der Waals surface area (Å²) in [5.41, 5.74) is 6.08. The van der Waals surface area contributed by atoms with Crippen molar-refractivity contribution >= 4 is 39.6 Å². The molecule has 0 unspecified atom stereocenters. The molecular formula is C28H25N5O. The number of likely N-dealkylation sites (N-methyl/N-ethyl adjacent to an activating group) is 1. The molecule has 6 heteroatoms. The summed E-state index contributed by atoms with van der Waals surface area (Å²) in [7, 11) is 2.03. The van der Waals surface area contributed by atoms with E-state index in [1.165, 1.54) is 0 Å². The van der Waals surface area contributed by atoms with Crippen LogP contribution >= 0.6 is 0 Å². The van der Waals surface area contributed by atoms with Gasteiger partial charge in [-0.15, -0.1) is 0 Å². The van der Waals surface area contributed by atoms with Gasteiger partial charge in [0.25, 0.3) is 5.91 Å². The van der Waals surface area contributed by atoms with Crippen molar-refractivity contribution in [1.29, 1.82) is 0 Å². The highest BCUT2D eigenvalue weighted by atomic mass is 16.1. The van der Waals surface area contributed by atoms with Crippen LogP contribution in [-0.4, -0.2) is 29.4 Å². The summed E-state index contributed by atoms with van der Waals surface area (Å²) in [6.07, 6.45) is 7.97. The van der Waals surface area contributed by atoms with Crippen LogP contribution in [0.15, 0.2) is 109 Å². The predicted molar refractivity (Wildman–Crippen MR) is 139 cm³/mol. The van der Waals surface area contributed by atoms with Gasteiger partial charge >= 0.3 is 0 Å². The summed E-state index contributed by atoms with van der Waals surface area (Å²) in [6, 6.07) is 25.1. The van der Waals surface area contributed by atoms with Crippen LogP contribution in [-0.2, 0) is 0 Å². The average molecular weight is 448 g/mol. The lowest BCUT2D eigenvalue weighted by molar-refractivity contribution is 0.102. The molecule has 0 spiro atoms. The largest absolute Gasteiger partial charge is 0.377 e. The molecular weight excluding hydrogens is 422 g/mol. The van der Waals surface area contributed by atoms with E-state index in [9.17, 15) is 4.79 Å². The topological polar surface area (TPSA) is 69.3 Å². The van der Waals surface area contributed by atoms with E-state index in [1.54, 1.807) is 6.20 Å². The number of carbonyl (C=O) groups is 1. The third-order valence-corrected chi connectivity index (χ3v) is 5.59. The van der Waals surface area contributed by atoms with Crippen LogP contribution in [0.3, 0.4) is 0 Å². The van der Waals surface area contributed by atoms with Crippen LogP contribution < -0.4 is 16.0 Å². The maximum absolute atomic E-state index is 12.8. The number of nitrogens with one attached hydrogen (secondary N) is 3. The Hall–Kier alpha value is -4.58. The second-order valence-corrected chi connectivity index (χ2v) is 8.15. The predicted octanol–water partition coefficient (Wildman–Crippen LogP) is 5.99. The summed E-state index contributed by atoms with van der Waals surface area (Å²) in [4.78, 5) is 19.3. The first-order valence-electron chi connectivity index (χ1n) is 11.1. The SMILES string of the molecule is CN1C=CC(Nc2cccc(NC(=O)c3ccc(Nc4ccnc5ccccc45)cc3)c2)=CC1. The van der Waals surface area contributed by atoms with Crippen LogP contribution in [0.2, 0.25) is 0 Å². The molecule has 1 amide bonds. The lowest BCUT2D eigenvalue weighted by atomic mass is 10.1. The lowest BCUT2D eigenvalue weighted by Crippen LogP contribution is -2.16. The standard InChI is InChI=1S/C28H25N5O/c1-33-17-14-22(15-18-33)30-23-5-4-6-24(19-23)32-28(34)20-9-11-21(12-10-20)31-27-13-16-29-26-8-3-2-7-25(26)27/h2-17,19,30H,18H2,1H3,(H,29,31)(H,32,34). The number of allylic oxidation sites excluding steroid dienone is 1. The fourth-order valence-electron chi connectivity index (χ4n) is 3.78. The van der Waals surface area contributed by atoms with Gasteiger partial charge in [0.15, 0.2) is 0 Å². The molecule has 5 rings (SSSR count). The van der Waals surface area contributed by atoms with Crippen LogP contribution in [0.1, 0.15) is 10.4 Å². The maximum Gasteiger partial charge on any atom is 0.255 e. The highest BCUT2D eigenvalue weighted by Crippen LogP contribution is 2.25. The molecule has 4 aromatic rings. The zero-order valence-electron chi connectivity index (χ0n) is 18.8. The number of carbonyl (C=O) groups excluding carboxylic acids is 1. The summed E-state index contributed by atoms with van der Waals surface area (Å²) in [5, 5.41) is 10.8. The number of para-hydroxylation sites is 1. The Balaban J connectivity index is 1.25. The quantitative estimate of drug-likeness (QED) is 0.339. The van der Waals surface area contributed by atoms with Gasteiger partial charge < -0.3 is 20.9 Å². The number of aromatic nitrogens is 1. The molecule has 0 bridgehead atoms. The van der Waals surface area contributed by atoms with Crippen molar-refractivity contribution in [1.82, 2.24) is 9.88 Å². The molecule has 1 aliphatic rings. The Morgan fingerprint density at radius 2 is 1.71 bits per heavy atom. The van der Waals surface area contributed by atoms with E-state index < -0.39 is 0 Å². The van der Waals surface area contributed by atoms with E-state index in [1.807, 2.05) is 98.2 Å². The molecule has 3 N–H and O–H groups in total. The van der Waals surface area contributed by atoms with Gasteiger partial charge in [0.1, 0.15) is 0 Å². The van der Waals surface area contributed by atoms with Crippen molar-refractivity contribution in [3.63, 3.8) is 0 Å². The minimum atomic E-state index is -0.156. The summed E-state index contributed by atoms with van der Waals surface area (Å²) in [5.74, 6) is -0.156.